The molecule has 16 heavy (non-hydrogen) atoms. The Morgan fingerprint density at radius 2 is 2.06 bits per heavy atom. The molecule has 1 aromatic rings. The summed E-state index contributed by atoms with van der Waals surface area (Å²) in [6.45, 7) is 2.08. The predicted octanol–water partition coefficient (Wildman–Crippen LogP) is 0.369. The van der Waals surface area contributed by atoms with E-state index in [0.29, 0.717) is 18.8 Å². The maximum Gasteiger partial charge on any atom is 0.0916 e. The number of aliphatic hydroxyl groups excluding tert-OH is 2. The third kappa shape index (κ3) is 2.72. The summed E-state index contributed by atoms with van der Waals surface area (Å²) < 4.78 is 0. The lowest BCUT2D eigenvalue weighted by Gasteiger charge is -2.19. The predicted molar refractivity (Wildman–Crippen MR) is 62.9 cm³/mol. The Bertz CT molecular complexity index is 339. The van der Waals surface area contributed by atoms with Crippen molar-refractivity contribution in [1.82, 2.24) is 4.90 Å². The molecule has 2 atom stereocenters. The second kappa shape index (κ2) is 4.82. The number of rotatable bonds is 3. The van der Waals surface area contributed by atoms with E-state index in [-0.39, 0.29) is 6.10 Å². The molecule has 4 heteroatoms. The van der Waals surface area contributed by atoms with Gasteiger partial charge in [-0.2, -0.15) is 0 Å². The van der Waals surface area contributed by atoms with Gasteiger partial charge in [0.05, 0.1) is 12.2 Å². The van der Waals surface area contributed by atoms with Gasteiger partial charge in [-0.15, -0.1) is 0 Å². The number of benzene rings is 1. The molecule has 4 nitrogen and oxygen atoms in total. The first-order chi connectivity index (χ1) is 7.65. The topological polar surface area (TPSA) is 69.7 Å². The zero-order valence-electron chi connectivity index (χ0n) is 9.21. The van der Waals surface area contributed by atoms with E-state index in [1.165, 1.54) is 0 Å². The Morgan fingerprint density at radius 3 is 2.62 bits per heavy atom. The minimum absolute atomic E-state index is 0.237. The van der Waals surface area contributed by atoms with Crippen molar-refractivity contribution in [3.63, 3.8) is 0 Å². The summed E-state index contributed by atoms with van der Waals surface area (Å²) in [6.07, 6.45) is 0.0542. The normalized spacial score (nSPS) is 23.5. The van der Waals surface area contributed by atoms with Gasteiger partial charge in [0.2, 0.25) is 0 Å². The second-order valence-corrected chi connectivity index (χ2v) is 4.38. The molecule has 0 bridgehead atoms. The van der Waals surface area contributed by atoms with Crippen molar-refractivity contribution >= 4 is 5.69 Å². The minimum atomic E-state index is -0.508. The quantitative estimate of drug-likeness (QED) is 0.646. The molecule has 4 N–H and O–H groups in total. The average molecular weight is 222 g/mol. The van der Waals surface area contributed by atoms with Gasteiger partial charge in [-0.3, -0.25) is 4.90 Å². The molecule has 2 unspecified atom stereocenters. The molecule has 1 aromatic carbocycles. The number of aliphatic hydroxyl groups is 2. The Hall–Kier alpha value is -1.10. The third-order valence-corrected chi connectivity index (χ3v) is 3.00. The van der Waals surface area contributed by atoms with Crippen LogP contribution in [0, 0.1) is 0 Å². The van der Waals surface area contributed by atoms with Gasteiger partial charge in [0, 0.05) is 25.3 Å². The standard InChI is InChI=1S/C12H18N2O2/c13-10-3-1-9(2-4-10)12(16)8-14-6-5-11(15)7-14/h1-4,11-12,15-16H,5-8,13H2. The molecule has 0 spiro atoms. The van der Waals surface area contributed by atoms with Gasteiger partial charge in [-0.05, 0) is 24.1 Å². The average Bonchev–Trinajstić information content (AvgIpc) is 2.65. The number of β-amino-alcohol motifs (C(OH)–C–C–N with tert-alkyl or cyclic N) is 2. The van der Waals surface area contributed by atoms with Gasteiger partial charge < -0.3 is 15.9 Å². The largest absolute Gasteiger partial charge is 0.399 e. The van der Waals surface area contributed by atoms with Gasteiger partial charge in [0.25, 0.3) is 0 Å². The lowest BCUT2D eigenvalue weighted by atomic mass is 10.1. The monoisotopic (exact) mass is 222 g/mol. The fourth-order valence-corrected chi connectivity index (χ4v) is 2.05. The number of likely N-dealkylation sites (tertiary alicyclic amines) is 1. The molecular formula is C12H18N2O2. The number of hydrogen-bond acceptors (Lipinski definition) is 4. The lowest BCUT2D eigenvalue weighted by molar-refractivity contribution is 0.113. The first-order valence-electron chi connectivity index (χ1n) is 5.59. The van der Waals surface area contributed by atoms with E-state index >= 15 is 0 Å². The number of anilines is 1. The molecule has 0 radical (unpaired) electrons. The smallest absolute Gasteiger partial charge is 0.0916 e. The number of nitrogens with zero attached hydrogens (tertiary/aromatic N) is 1. The highest BCUT2D eigenvalue weighted by atomic mass is 16.3. The Balaban J connectivity index is 1.92. The molecule has 1 fully saturated rings. The van der Waals surface area contributed by atoms with Crippen molar-refractivity contribution in [1.29, 1.82) is 0 Å². The van der Waals surface area contributed by atoms with Crippen LogP contribution in [0.3, 0.4) is 0 Å². The van der Waals surface area contributed by atoms with Crippen LogP contribution in [0.15, 0.2) is 24.3 Å². The maximum absolute atomic E-state index is 9.99. The SMILES string of the molecule is Nc1ccc(C(O)CN2CCC(O)C2)cc1. The molecule has 88 valence electrons. The molecule has 2 rings (SSSR count). The van der Waals surface area contributed by atoms with Gasteiger partial charge in [0.1, 0.15) is 0 Å². The minimum Gasteiger partial charge on any atom is -0.399 e. The lowest BCUT2D eigenvalue weighted by Crippen LogP contribution is -2.27. The molecule has 0 aromatic heterocycles. The zero-order chi connectivity index (χ0) is 11.5. The number of hydrogen-bond donors (Lipinski definition) is 3. The molecule has 1 heterocycles. The van der Waals surface area contributed by atoms with Crippen molar-refractivity contribution in [3.05, 3.63) is 29.8 Å². The maximum atomic E-state index is 9.99. The molecular weight excluding hydrogens is 204 g/mol. The summed E-state index contributed by atoms with van der Waals surface area (Å²) in [7, 11) is 0. The summed E-state index contributed by atoms with van der Waals surface area (Å²) >= 11 is 0. The highest BCUT2D eigenvalue weighted by Gasteiger charge is 2.22. The molecule has 1 aliphatic rings. The molecule has 1 saturated heterocycles. The third-order valence-electron chi connectivity index (χ3n) is 3.00. The van der Waals surface area contributed by atoms with Crippen LogP contribution in [-0.2, 0) is 0 Å². The molecule has 1 aliphatic heterocycles. The van der Waals surface area contributed by atoms with Crippen molar-refractivity contribution < 1.29 is 10.2 Å². The first-order valence-corrected chi connectivity index (χ1v) is 5.59. The van der Waals surface area contributed by atoms with Crippen molar-refractivity contribution in [2.45, 2.75) is 18.6 Å². The summed E-state index contributed by atoms with van der Waals surface area (Å²) in [4.78, 5) is 2.08. The van der Waals surface area contributed by atoms with Gasteiger partial charge >= 0.3 is 0 Å². The van der Waals surface area contributed by atoms with Crippen LogP contribution in [0.1, 0.15) is 18.1 Å². The van der Waals surface area contributed by atoms with Gasteiger partial charge in [0.15, 0.2) is 0 Å². The second-order valence-electron chi connectivity index (χ2n) is 4.38. The number of nitrogen functional groups attached to an aromatic ring is 1. The summed E-state index contributed by atoms with van der Waals surface area (Å²) in [5.41, 5.74) is 7.16. The summed E-state index contributed by atoms with van der Waals surface area (Å²) in [6, 6.07) is 7.26. The van der Waals surface area contributed by atoms with E-state index in [2.05, 4.69) is 4.90 Å². The van der Waals surface area contributed by atoms with E-state index in [4.69, 9.17) is 5.73 Å². The van der Waals surface area contributed by atoms with Crippen LogP contribution < -0.4 is 5.73 Å². The highest BCUT2D eigenvalue weighted by Crippen LogP contribution is 2.18. The fraction of sp³-hybridized carbons (Fsp3) is 0.500. The summed E-state index contributed by atoms with van der Waals surface area (Å²) in [5.74, 6) is 0. The van der Waals surface area contributed by atoms with Crippen LogP contribution in [0.25, 0.3) is 0 Å². The van der Waals surface area contributed by atoms with E-state index in [1.54, 1.807) is 12.1 Å². The zero-order valence-corrected chi connectivity index (χ0v) is 9.21. The van der Waals surface area contributed by atoms with Gasteiger partial charge in [-0.25, -0.2) is 0 Å². The molecule has 0 aliphatic carbocycles. The Kier molecular flexibility index (Phi) is 3.43. The Morgan fingerprint density at radius 1 is 1.38 bits per heavy atom. The first kappa shape index (κ1) is 11.4. The Labute approximate surface area is 95.3 Å². The fourth-order valence-electron chi connectivity index (χ4n) is 2.05. The number of nitrogens with two attached hydrogens (primary N) is 1. The van der Waals surface area contributed by atoms with E-state index in [0.717, 1.165) is 18.5 Å². The van der Waals surface area contributed by atoms with Crippen molar-refractivity contribution in [2.75, 3.05) is 25.4 Å². The van der Waals surface area contributed by atoms with E-state index in [1.807, 2.05) is 12.1 Å². The van der Waals surface area contributed by atoms with Crippen LogP contribution in [-0.4, -0.2) is 40.9 Å². The van der Waals surface area contributed by atoms with Crippen LogP contribution in [0.2, 0.25) is 0 Å². The highest BCUT2D eigenvalue weighted by molar-refractivity contribution is 5.39. The van der Waals surface area contributed by atoms with Crippen LogP contribution in [0.5, 0.6) is 0 Å². The van der Waals surface area contributed by atoms with Crippen LogP contribution in [0.4, 0.5) is 5.69 Å². The van der Waals surface area contributed by atoms with Crippen molar-refractivity contribution in [3.8, 4) is 0 Å². The van der Waals surface area contributed by atoms with Crippen LogP contribution >= 0.6 is 0 Å². The van der Waals surface area contributed by atoms with Gasteiger partial charge in [-0.1, -0.05) is 12.1 Å². The summed E-state index contributed by atoms with van der Waals surface area (Å²) in [5, 5.41) is 19.4. The molecule has 0 amide bonds. The van der Waals surface area contributed by atoms with E-state index < -0.39 is 6.10 Å². The van der Waals surface area contributed by atoms with E-state index in [9.17, 15) is 10.2 Å². The molecule has 0 saturated carbocycles. The van der Waals surface area contributed by atoms with Crippen molar-refractivity contribution in [2.24, 2.45) is 0 Å².